The molecule has 0 unspecified atom stereocenters. The molecule has 0 N–H and O–H groups in total. The second-order valence-electron chi connectivity index (χ2n) is 8.19. The highest BCUT2D eigenvalue weighted by molar-refractivity contribution is 5.85. The summed E-state index contributed by atoms with van der Waals surface area (Å²) in [5, 5.41) is 1.04. The predicted octanol–water partition coefficient (Wildman–Crippen LogP) is 7.58. The first-order valence-corrected chi connectivity index (χ1v) is 10.4. The molecule has 1 fully saturated rings. The topological polar surface area (TPSA) is 0 Å². The molecule has 0 aliphatic heterocycles. The number of fused-ring (bicyclic) bond motifs is 1. The normalized spacial score (nSPS) is 18.5. The molecular weight excluding hydrogens is 438 g/mol. The van der Waals surface area contributed by atoms with Gasteiger partial charge in [0, 0.05) is 16.9 Å². The Bertz CT molecular complexity index is 1290. The number of terminal acetylenes is 1. The summed E-state index contributed by atoms with van der Waals surface area (Å²) in [4.78, 5) is 0. The molecule has 1 saturated carbocycles. The molecule has 3 aromatic carbocycles. The third kappa shape index (κ3) is 4.71. The number of halogens is 6. The van der Waals surface area contributed by atoms with Crippen molar-refractivity contribution in [1.82, 2.24) is 0 Å². The second-order valence-corrected chi connectivity index (χ2v) is 8.19. The van der Waals surface area contributed by atoms with Gasteiger partial charge in [-0.05, 0) is 60.7 Å². The summed E-state index contributed by atoms with van der Waals surface area (Å²) in [5.41, 5.74) is -1.21. The first-order valence-electron chi connectivity index (χ1n) is 10.4. The van der Waals surface area contributed by atoms with Gasteiger partial charge in [0.05, 0.1) is 5.56 Å². The van der Waals surface area contributed by atoms with Gasteiger partial charge in [-0.3, -0.25) is 0 Å². The van der Waals surface area contributed by atoms with Crippen molar-refractivity contribution in [3.8, 4) is 24.2 Å². The smallest absolute Gasteiger partial charge is 0.206 e. The van der Waals surface area contributed by atoms with Crippen LogP contribution >= 0.6 is 0 Å². The van der Waals surface area contributed by atoms with E-state index in [-0.39, 0.29) is 11.1 Å². The van der Waals surface area contributed by atoms with Gasteiger partial charge in [0.1, 0.15) is 23.0 Å². The van der Waals surface area contributed by atoms with Crippen LogP contribution in [-0.2, 0) is 6.18 Å². The lowest BCUT2D eigenvalue weighted by Crippen LogP contribution is -2.11. The van der Waals surface area contributed by atoms with Crippen LogP contribution in [0.1, 0.15) is 53.9 Å². The molecular formula is C27H18F6. The number of alkyl halides is 3. The summed E-state index contributed by atoms with van der Waals surface area (Å²) >= 11 is 0. The van der Waals surface area contributed by atoms with Crippen LogP contribution in [-0.4, -0.2) is 0 Å². The molecule has 0 aromatic heterocycles. The Labute approximate surface area is 187 Å². The summed E-state index contributed by atoms with van der Waals surface area (Å²) in [6.07, 6.45) is 4.23. The third-order valence-corrected chi connectivity index (χ3v) is 6.08. The Morgan fingerprint density at radius 3 is 2.09 bits per heavy atom. The van der Waals surface area contributed by atoms with Crippen LogP contribution in [0.3, 0.4) is 0 Å². The van der Waals surface area contributed by atoms with Crippen LogP contribution in [0.15, 0.2) is 42.5 Å². The van der Waals surface area contributed by atoms with Gasteiger partial charge in [0.15, 0.2) is 0 Å². The van der Waals surface area contributed by atoms with Gasteiger partial charge in [0.2, 0.25) is 0 Å². The average molecular weight is 456 g/mol. The van der Waals surface area contributed by atoms with E-state index >= 15 is 4.39 Å². The number of rotatable bonds is 1. The van der Waals surface area contributed by atoms with Crippen molar-refractivity contribution in [3.05, 3.63) is 82.2 Å². The van der Waals surface area contributed by atoms with Crippen molar-refractivity contribution < 1.29 is 26.3 Å². The molecule has 0 amide bonds. The number of hydrogen-bond donors (Lipinski definition) is 0. The van der Waals surface area contributed by atoms with Crippen molar-refractivity contribution in [2.75, 3.05) is 0 Å². The van der Waals surface area contributed by atoms with Crippen molar-refractivity contribution in [3.63, 3.8) is 0 Å². The molecule has 168 valence electrons. The Morgan fingerprint density at radius 2 is 1.48 bits per heavy atom. The first kappa shape index (κ1) is 22.8. The Morgan fingerprint density at radius 1 is 0.818 bits per heavy atom. The van der Waals surface area contributed by atoms with Gasteiger partial charge < -0.3 is 0 Å². The molecule has 33 heavy (non-hydrogen) atoms. The minimum absolute atomic E-state index is 0.0227. The predicted molar refractivity (Wildman–Crippen MR) is 115 cm³/mol. The fraction of sp³-hybridized carbons (Fsp3) is 0.259. The maximum atomic E-state index is 15.0. The molecule has 0 spiro atoms. The third-order valence-electron chi connectivity index (χ3n) is 6.08. The molecule has 0 saturated heterocycles. The largest absolute Gasteiger partial charge is 0.422 e. The summed E-state index contributed by atoms with van der Waals surface area (Å²) < 4.78 is 80.6. The van der Waals surface area contributed by atoms with Crippen molar-refractivity contribution in [2.45, 2.75) is 37.8 Å². The minimum atomic E-state index is -5.16. The van der Waals surface area contributed by atoms with E-state index in [1.54, 1.807) is 12.1 Å². The SMILES string of the molecule is C#CC1CCC(c2ccc3c(F)c(C#Cc4cc(F)c(C(F)(F)F)c(F)c4)ccc3c2)CC1. The van der Waals surface area contributed by atoms with Crippen molar-refractivity contribution in [1.29, 1.82) is 0 Å². The first-order chi connectivity index (χ1) is 15.7. The monoisotopic (exact) mass is 456 g/mol. The molecule has 0 radical (unpaired) electrons. The van der Waals surface area contributed by atoms with E-state index in [2.05, 4.69) is 17.8 Å². The van der Waals surface area contributed by atoms with Crippen LogP contribution in [0.4, 0.5) is 26.3 Å². The van der Waals surface area contributed by atoms with E-state index in [4.69, 9.17) is 6.42 Å². The van der Waals surface area contributed by atoms with Crippen molar-refractivity contribution >= 4 is 10.8 Å². The molecule has 1 aliphatic carbocycles. The maximum absolute atomic E-state index is 15.0. The van der Waals surface area contributed by atoms with Crippen LogP contribution in [0.2, 0.25) is 0 Å². The van der Waals surface area contributed by atoms with Gasteiger partial charge in [-0.2, -0.15) is 13.2 Å². The Balaban J connectivity index is 1.62. The zero-order chi connectivity index (χ0) is 23.8. The van der Waals surface area contributed by atoms with Crippen LogP contribution in [0, 0.1) is 47.6 Å². The quantitative estimate of drug-likeness (QED) is 0.262. The lowest BCUT2D eigenvalue weighted by molar-refractivity contribution is -0.142. The van der Waals surface area contributed by atoms with Crippen molar-refractivity contribution in [2.24, 2.45) is 5.92 Å². The van der Waals surface area contributed by atoms with Gasteiger partial charge >= 0.3 is 6.18 Å². The molecule has 4 rings (SSSR count). The molecule has 0 nitrogen and oxygen atoms in total. The molecule has 0 atom stereocenters. The van der Waals surface area contributed by atoms with E-state index in [0.29, 0.717) is 34.7 Å². The maximum Gasteiger partial charge on any atom is 0.422 e. The zero-order valence-electron chi connectivity index (χ0n) is 17.4. The molecule has 1 aliphatic rings. The van der Waals surface area contributed by atoms with E-state index in [0.717, 1.165) is 31.2 Å². The lowest BCUT2D eigenvalue weighted by Gasteiger charge is -2.26. The fourth-order valence-corrected chi connectivity index (χ4v) is 4.31. The van der Waals surface area contributed by atoms with E-state index < -0.39 is 29.2 Å². The Hall–Kier alpha value is -3.38. The highest BCUT2D eigenvalue weighted by atomic mass is 19.4. The summed E-state index contributed by atoms with van der Waals surface area (Å²) in [6, 6.07) is 9.61. The molecule has 0 heterocycles. The Kier molecular flexibility index (Phi) is 6.13. The van der Waals surface area contributed by atoms with E-state index in [9.17, 15) is 22.0 Å². The number of benzene rings is 3. The average Bonchev–Trinajstić information content (AvgIpc) is 2.77. The van der Waals surface area contributed by atoms with E-state index in [1.165, 1.54) is 6.07 Å². The van der Waals surface area contributed by atoms with Crippen LogP contribution in [0.5, 0.6) is 0 Å². The van der Waals surface area contributed by atoms with Gasteiger partial charge in [-0.1, -0.05) is 36.1 Å². The lowest BCUT2D eigenvalue weighted by atomic mass is 9.78. The summed E-state index contributed by atoms with van der Waals surface area (Å²) in [5.74, 6) is 4.15. The molecule has 0 bridgehead atoms. The molecule has 6 heteroatoms. The minimum Gasteiger partial charge on any atom is -0.206 e. The van der Waals surface area contributed by atoms with E-state index in [1.807, 2.05) is 12.1 Å². The zero-order valence-corrected chi connectivity index (χ0v) is 17.4. The summed E-state index contributed by atoms with van der Waals surface area (Å²) in [6.45, 7) is 0. The standard InChI is InChI=1S/C27H18F6/c1-2-16-3-6-18(7-4-16)20-11-12-22-21(15-20)10-9-19(26(22)30)8-5-17-13-23(28)25(24(29)14-17)27(31,32)33/h1,9-16,18H,3-4,6-7H2. The molecule has 3 aromatic rings. The highest BCUT2D eigenvalue weighted by Crippen LogP contribution is 2.37. The fourth-order valence-electron chi connectivity index (χ4n) is 4.31. The second kappa shape index (κ2) is 8.87. The van der Waals surface area contributed by atoms with Gasteiger partial charge in [-0.15, -0.1) is 12.3 Å². The summed E-state index contributed by atoms with van der Waals surface area (Å²) in [7, 11) is 0. The van der Waals surface area contributed by atoms with Crippen LogP contribution in [0.25, 0.3) is 10.8 Å². The van der Waals surface area contributed by atoms with Gasteiger partial charge in [0.25, 0.3) is 0 Å². The highest BCUT2D eigenvalue weighted by Gasteiger charge is 2.37. The van der Waals surface area contributed by atoms with Gasteiger partial charge in [-0.25, -0.2) is 13.2 Å². The van der Waals surface area contributed by atoms with Crippen LogP contribution < -0.4 is 0 Å². The number of hydrogen-bond acceptors (Lipinski definition) is 0.